The van der Waals surface area contributed by atoms with Gasteiger partial charge in [0.2, 0.25) is 0 Å². The Hall–Kier alpha value is -4.38. The molecule has 0 aromatic heterocycles. The minimum absolute atomic E-state index is 0.0144. The van der Waals surface area contributed by atoms with Crippen LogP contribution in [0.2, 0.25) is 0 Å². The first-order valence-corrected chi connectivity index (χ1v) is 34.0. The Morgan fingerprint density at radius 1 is 0.337 bits per heavy atom. The number of hydrogen-bond donors (Lipinski definition) is 0. The lowest BCUT2D eigenvalue weighted by Gasteiger charge is -2.32. The summed E-state index contributed by atoms with van der Waals surface area (Å²) < 4.78 is 49.3. The highest BCUT2D eigenvalue weighted by Crippen LogP contribution is 2.33. The molecular formula is C73H120O10. The Bertz CT molecular complexity index is 1800. The summed E-state index contributed by atoms with van der Waals surface area (Å²) >= 11 is 0. The third kappa shape index (κ3) is 39.8. The lowest BCUT2D eigenvalue weighted by Crippen LogP contribution is -2.43. The van der Waals surface area contributed by atoms with Gasteiger partial charge < -0.3 is 37.9 Å². The molecule has 0 aliphatic rings. The van der Waals surface area contributed by atoms with Crippen LogP contribution in [0.3, 0.4) is 0 Å². The summed E-state index contributed by atoms with van der Waals surface area (Å²) in [6.07, 6.45) is 60.5. The molecule has 0 saturated carbocycles. The van der Waals surface area contributed by atoms with Crippen molar-refractivity contribution in [3.63, 3.8) is 0 Å². The Kier molecular flexibility index (Phi) is 48.9. The van der Waals surface area contributed by atoms with Gasteiger partial charge in [0.05, 0.1) is 56.2 Å². The summed E-state index contributed by atoms with van der Waals surface area (Å²) in [5, 5.41) is 0. The number of ether oxygens (including phenoxy) is 8. The van der Waals surface area contributed by atoms with Crippen molar-refractivity contribution in [2.24, 2.45) is 5.41 Å². The normalized spacial score (nSPS) is 11.3. The topological polar surface area (TPSA) is 108 Å². The quantitative estimate of drug-likeness (QED) is 0.0361. The molecule has 0 amide bonds. The van der Waals surface area contributed by atoms with Gasteiger partial charge in [0.1, 0.15) is 26.4 Å². The zero-order valence-electron chi connectivity index (χ0n) is 53.6. The van der Waals surface area contributed by atoms with Crippen LogP contribution in [0.5, 0.6) is 23.0 Å². The number of esters is 2. The Labute approximate surface area is 508 Å². The second-order valence-corrected chi connectivity index (χ2v) is 23.5. The average Bonchev–Trinajstić information content (AvgIpc) is 3.56. The van der Waals surface area contributed by atoms with Crippen molar-refractivity contribution in [1.82, 2.24) is 0 Å². The van der Waals surface area contributed by atoms with Gasteiger partial charge in [0, 0.05) is 0 Å². The molecule has 472 valence electrons. The van der Waals surface area contributed by atoms with E-state index in [0.29, 0.717) is 60.6 Å². The van der Waals surface area contributed by atoms with Crippen molar-refractivity contribution in [1.29, 1.82) is 0 Å². The molecule has 0 heterocycles. The minimum atomic E-state index is -1.17. The first kappa shape index (κ1) is 74.7. The summed E-state index contributed by atoms with van der Waals surface area (Å²) in [6, 6.07) is 10.4. The molecule has 0 N–H and O–H groups in total. The van der Waals surface area contributed by atoms with E-state index in [2.05, 4.69) is 39.5 Å². The fourth-order valence-corrected chi connectivity index (χ4v) is 10.3. The molecule has 83 heavy (non-hydrogen) atoms. The van der Waals surface area contributed by atoms with Gasteiger partial charge in [0.25, 0.3) is 0 Å². The molecule has 0 fully saturated rings. The van der Waals surface area contributed by atoms with Crippen molar-refractivity contribution in [2.75, 3.05) is 66.1 Å². The standard InChI is InChI=1S/C73H120O10/c1-7-13-17-21-25-29-33-37-41-45-55-78-67-51-49-65(59-69(67)80-57-47-43-39-35-31-27-23-19-15-9-3)71(74)82-63-73(61-76-53-11-5,62-77-54-12-6)64-83-72(75)66-50-52-68(79-56-46-42-38-34-30-26-22-18-14-8-2)70(60-66)81-58-48-44-40-36-32-28-24-20-16-10-4/h5-6,49-52,59-60H,7-10,13-48,53-58,61-64H2,1-4H3. The van der Waals surface area contributed by atoms with E-state index in [4.69, 9.17) is 50.7 Å². The molecule has 0 atom stereocenters. The van der Waals surface area contributed by atoms with Gasteiger partial charge in [-0.1, -0.05) is 271 Å². The highest BCUT2D eigenvalue weighted by atomic mass is 16.6. The van der Waals surface area contributed by atoms with Crippen LogP contribution in [0.1, 0.15) is 305 Å². The Balaban J connectivity index is 2.21. The van der Waals surface area contributed by atoms with Gasteiger partial charge in [-0.15, -0.1) is 12.8 Å². The predicted octanol–water partition coefficient (Wildman–Crippen LogP) is 20.2. The number of carbonyl (C=O) groups excluding carboxylic acids is 2. The maximum Gasteiger partial charge on any atom is 0.338 e. The van der Waals surface area contributed by atoms with Gasteiger partial charge in [-0.05, 0) is 62.1 Å². The van der Waals surface area contributed by atoms with E-state index in [-0.39, 0.29) is 39.6 Å². The largest absolute Gasteiger partial charge is 0.490 e. The van der Waals surface area contributed by atoms with Crippen molar-refractivity contribution < 1.29 is 47.5 Å². The van der Waals surface area contributed by atoms with Crippen LogP contribution in [-0.2, 0) is 18.9 Å². The van der Waals surface area contributed by atoms with Gasteiger partial charge in [-0.2, -0.15) is 0 Å². The maximum atomic E-state index is 14.1. The molecule has 0 bridgehead atoms. The summed E-state index contributed by atoms with van der Waals surface area (Å²) in [4.78, 5) is 28.2. The Morgan fingerprint density at radius 2 is 0.578 bits per heavy atom. The molecule has 10 nitrogen and oxygen atoms in total. The lowest BCUT2D eigenvalue weighted by atomic mass is 9.92. The zero-order valence-corrected chi connectivity index (χ0v) is 53.6. The zero-order chi connectivity index (χ0) is 59.8. The fourth-order valence-electron chi connectivity index (χ4n) is 10.3. The third-order valence-electron chi connectivity index (χ3n) is 15.6. The first-order valence-electron chi connectivity index (χ1n) is 34.0. The molecule has 0 aliphatic carbocycles. The summed E-state index contributed by atoms with van der Waals surface area (Å²) in [5.74, 6) is 6.09. The van der Waals surface area contributed by atoms with E-state index in [1.165, 1.54) is 205 Å². The smallest absolute Gasteiger partial charge is 0.338 e. The van der Waals surface area contributed by atoms with E-state index in [1.54, 1.807) is 36.4 Å². The number of unbranched alkanes of at least 4 members (excludes halogenated alkanes) is 36. The maximum absolute atomic E-state index is 14.1. The minimum Gasteiger partial charge on any atom is -0.490 e. The van der Waals surface area contributed by atoms with Crippen LogP contribution in [0, 0.1) is 30.1 Å². The van der Waals surface area contributed by atoms with Gasteiger partial charge in [0.15, 0.2) is 23.0 Å². The average molecular weight is 1160 g/mol. The van der Waals surface area contributed by atoms with Crippen LogP contribution in [-0.4, -0.2) is 78.0 Å². The van der Waals surface area contributed by atoms with E-state index < -0.39 is 17.4 Å². The molecule has 0 saturated heterocycles. The highest BCUT2D eigenvalue weighted by Gasteiger charge is 2.36. The van der Waals surface area contributed by atoms with Crippen LogP contribution in [0.15, 0.2) is 36.4 Å². The van der Waals surface area contributed by atoms with E-state index >= 15 is 0 Å². The molecule has 2 aromatic rings. The van der Waals surface area contributed by atoms with E-state index in [0.717, 1.165) is 51.4 Å². The number of rotatable bonds is 60. The van der Waals surface area contributed by atoms with Gasteiger partial charge >= 0.3 is 11.9 Å². The van der Waals surface area contributed by atoms with Crippen LogP contribution >= 0.6 is 0 Å². The van der Waals surface area contributed by atoms with Gasteiger partial charge in [-0.3, -0.25) is 0 Å². The third-order valence-corrected chi connectivity index (χ3v) is 15.6. The molecule has 0 radical (unpaired) electrons. The fraction of sp³-hybridized carbons (Fsp3) is 0.753. The number of benzene rings is 2. The van der Waals surface area contributed by atoms with Crippen molar-refractivity contribution in [2.45, 2.75) is 285 Å². The highest BCUT2D eigenvalue weighted by molar-refractivity contribution is 5.91. The number of carbonyl (C=O) groups is 2. The second-order valence-electron chi connectivity index (χ2n) is 23.5. The van der Waals surface area contributed by atoms with E-state index in [1.807, 2.05) is 0 Å². The van der Waals surface area contributed by atoms with Crippen molar-refractivity contribution in [3.8, 4) is 47.7 Å². The molecule has 0 spiro atoms. The van der Waals surface area contributed by atoms with Crippen LogP contribution in [0.25, 0.3) is 0 Å². The lowest BCUT2D eigenvalue weighted by molar-refractivity contribution is -0.0777. The number of terminal acetylenes is 2. The first-order chi connectivity index (χ1) is 40.9. The van der Waals surface area contributed by atoms with Crippen molar-refractivity contribution >= 4 is 11.9 Å². The Morgan fingerprint density at radius 3 is 0.831 bits per heavy atom. The summed E-state index contributed by atoms with van der Waals surface area (Å²) in [5.41, 5.74) is -0.566. The van der Waals surface area contributed by atoms with Crippen molar-refractivity contribution in [3.05, 3.63) is 47.5 Å². The summed E-state index contributed by atoms with van der Waals surface area (Å²) in [6.45, 7) is 10.6. The summed E-state index contributed by atoms with van der Waals surface area (Å²) in [7, 11) is 0. The van der Waals surface area contributed by atoms with Gasteiger partial charge in [-0.25, -0.2) is 9.59 Å². The molecular weight excluding hydrogens is 1040 g/mol. The molecule has 2 aromatic carbocycles. The molecule has 0 unspecified atom stereocenters. The van der Waals surface area contributed by atoms with Crippen LogP contribution < -0.4 is 18.9 Å². The molecule has 10 heteroatoms. The predicted molar refractivity (Wildman–Crippen MR) is 345 cm³/mol. The number of hydrogen-bond acceptors (Lipinski definition) is 10. The molecule has 2 rings (SSSR count). The van der Waals surface area contributed by atoms with E-state index in [9.17, 15) is 9.59 Å². The molecule has 0 aliphatic heterocycles. The van der Waals surface area contributed by atoms with Crippen LogP contribution in [0.4, 0.5) is 0 Å². The SMILES string of the molecule is C#CCOCC(COCC#C)(COC(=O)c1ccc(OCCCCCCCCCCCC)c(OCCCCCCCCCCCC)c1)COC(=O)c1ccc(OCCCCCCCCCCCC)c(OCCCCCCCCCCCC)c1. The second kappa shape index (κ2) is 54.3. The monoisotopic (exact) mass is 1160 g/mol.